The molecule has 1 spiro atoms. The van der Waals surface area contributed by atoms with Gasteiger partial charge in [0.25, 0.3) is 5.91 Å². The molecule has 4 rings (SSSR count). The van der Waals surface area contributed by atoms with Crippen molar-refractivity contribution in [2.75, 3.05) is 24.5 Å². The van der Waals surface area contributed by atoms with Gasteiger partial charge < -0.3 is 9.80 Å². The lowest BCUT2D eigenvalue weighted by molar-refractivity contribution is -0.149. The van der Waals surface area contributed by atoms with E-state index in [4.69, 9.17) is 0 Å². The number of carbonyl (C=O) groups is 2. The minimum absolute atomic E-state index is 0.0210. The first-order valence-electron chi connectivity index (χ1n) is 8.05. The molecule has 2 amide bonds. The number of likely N-dealkylation sites (tertiary alicyclic amines) is 1. The van der Waals surface area contributed by atoms with Crippen LogP contribution in [-0.4, -0.2) is 52.0 Å². The molecule has 0 N–H and O–H groups in total. The second-order valence-corrected chi connectivity index (χ2v) is 7.05. The number of hydrogen-bond acceptors (Lipinski definition) is 4. The molecule has 1 unspecified atom stereocenters. The average Bonchev–Trinajstić information content (AvgIpc) is 3.09. The first-order chi connectivity index (χ1) is 11.0. The van der Waals surface area contributed by atoms with Gasteiger partial charge in [-0.2, -0.15) is 0 Å². The van der Waals surface area contributed by atoms with Crippen LogP contribution in [0.3, 0.4) is 0 Å². The molecule has 2 aliphatic heterocycles. The lowest BCUT2D eigenvalue weighted by Gasteiger charge is -2.36. The number of carbonyl (C=O) groups excluding carboxylic acids is 2. The van der Waals surface area contributed by atoms with Crippen molar-refractivity contribution in [1.29, 1.82) is 0 Å². The summed E-state index contributed by atoms with van der Waals surface area (Å²) in [5.74, 6) is -0.359. The monoisotopic (exact) mass is 318 g/mol. The summed E-state index contributed by atoms with van der Waals surface area (Å²) in [7, 11) is 0. The third-order valence-corrected chi connectivity index (χ3v) is 5.43. The first kappa shape index (κ1) is 14.5. The maximum Gasteiger partial charge on any atom is 0.260 e. The van der Waals surface area contributed by atoms with Gasteiger partial charge in [-0.1, -0.05) is 0 Å². The second-order valence-electron chi connectivity index (χ2n) is 7.05. The maximum absolute atomic E-state index is 14.4. The van der Waals surface area contributed by atoms with E-state index in [1.165, 1.54) is 6.33 Å². The fraction of sp³-hybridized carbons (Fsp3) is 0.625. The molecule has 3 fully saturated rings. The van der Waals surface area contributed by atoms with Crippen LogP contribution in [0.1, 0.15) is 32.1 Å². The fourth-order valence-corrected chi connectivity index (χ4v) is 3.93. The molecule has 7 heteroatoms. The summed E-state index contributed by atoms with van der Waals surface area (Å²) < 4.78 is 14.4. The van der Waals surface area contributed by atoms with Crippen molar-refractivity contribution in [3.63, 3.8) is 0 Å². The summed E-state index contributed by atoms with van der Waals surface area (Å²) in [5.41, 5.74) is -1.23. The predicted molar refractivity (Wildman–Crippen MR) is 80.3 cm³/mol. The molecular formula is C16H19FN4O2. The Kier molecular flexibility index (Phi) is 3.14. The Hall–Kier alpha value is -2.05. The molecule has 0 aromatic carbocycles. The van der Waals surface area contributed by atoms with Crippen molar-refractivity contribution in [2.24, 2.45) is 5.41 Å². The van der Waals surface area contributed by atoms with E-state index in [2.05, 4.69) is 9.97 Å². The summed E-state index contributed by atoms with van der Waals surface area (Å²) in [5, 5.41) is 0. The molecule has 3 heterocycles. The van der Waals surface area contributed by atoms with Crippen LogP contribution < -0.4 is 4.90 Å². The first-order valence-corrected chi connectivity index (χ1v) is 8.05. The molecule has 0 radical (unpaired) electrons. The van der Waals surface area contributed by atoms with Crippen molar-refractivity contribution < 1.29 is 14.0 Å². The smallest absolute Gasteiger partial charge is 0.260 e. The Morgan fingerprint density at radius 3 is 2.57 bits per heavy atom. The summed E-state index contributed by atoms with van der Waals surface area (Å²) in [6.07, 6.45) is 7.25. The number of nitrogens with zero attached hydrogens (tertiary/aromatic N) is 4. The summed E-state index contributed by atoms with van der Waals surface area (Å²) in [6, 6.07) is 0. The van der Waals surface area contributed by atoms with E-state index in [9.17, 15) is 14.0 Å². The zero-order chi connectivity index (χ0) is 16.1. The van der Waals surface area contributed by atoms with Crippen molar-refractivity contribution in [3.05, 3.63) is 18.7 Å². The Balaban J connectivity index is 1.49. The molecule has 6 nitrogen and oxygen atoms in total. The predicted octanol–water partition coefficient (Wildman–Crippen LogP) is 1.32. The maximum atomic E-state index is 14.4. The molecule has 1 atom stereocenters. The third-order valence-electron chi connectivity index (χ3n) is 5.43. The highest BCUT2D eigenvalue weighted by Crippen LogP contribution is 2.44. The van der Waals surface area contributed by atoms with Crippen LogP contribution in [0.15, 0.2) is 18.7 Å². The highest BCUT2D eigenvalue weighted by molar-refractivity contribution is 5.96. The van der Waals surface area contributed by atoms with E-state index in [0.717, 1.165) is 12.8 Å². The number of amides is 2. The number of halogens is 1. The molecule has 23 heavy (non-hydrogen) atoms. The summed E-state index contributed by atoms with van der Waals surface area (Å²) in [4.78, 5) is 35.9. The summed E-state index contributed by atoms with van der Waals surface area (Å²) in [6.45, 7) is 1.55. The van der Waals surface area contributed by atoms with Gasteiger partial charge >= 0.3 is 0 Å². The van der Waals surface area contributed by atoms with Crippen molar-refractivity contribution in [2.45, 2.75) is 37.8 Å². The van der Waals surface area contributed by atoms with Crippen LogP contribution in [0.25, 0.3) is 0 Å². The van der Waals surface area contributed by atoms with Gasteiger partial charge in [-0.25, -0.2) is 14.4 Å². The van der Waals surface area contributed by atoms with Gasteiger partial charge in [0.2, 0.25) is 5.91 Å². The highest BCUT2D eigenvalue weighted by atomic mass is 19.1. The van der Waals surface area contributed by atoms with Crippen LogP contribution >= 0.6 is 0 Å². The summed E-state index contributed by atoms with van der Waals surface area (Å²) >= 11 is 0. The van der Waals surface area contributed by atoms with Crippen LogP contribution in [0, 0.1) is 5.41 Å². The van der Waals surface area contributed by atoms with E-state index in [0.29, 0.717) is 44.6 Å². The Bertz CT molecular complexity index is 649. The van der Waals surface area contributed by atoms with Crippen LogP contribution in [0.2, 0.25) is 0 Å². The van der Waals surface area contributed by atoms with Gasteiger partial charge in [0.1, 0.15) is 6.33 Å². The van der Waals surface area contributed by atoms with Gasteiger partial charge in [-0.3, -0.25) is 9.59 Å². The van der Waals surface area contributed by atoms with Crippen LogP contribution in [0.4, 0.5) is 10.1 Å². The van der Waals surface area contributed by atoms with Gasteiger partial charge in [0.05, 0.1) is 18.1 Å². The molecule has 1 aromatic heterocycles. The fourth-order valence-electron chi connectivity index (χ4n) is 3.93. The van der Waals surface area contributed by atoms with Crippen molar-refractivity contribution in [3.8, 4) is 0 Å². The van der Waals surface area contributed by atoms with Crippen molar-refractivity contribution >= 4 is 17.5 Å². The highest BCUT2D eigenvalue weighted by Gasteiger charge is 2.53. The number of hydrogen-bond donors (Lipinski definition) is 0. The number of aromatic nitrogens is 2. The molecule has 1 aromatic rings. The Labute approximate surface area is 133 Å². The normalized spacial score (nSPS) is 29.2. The topological polar surface area (TPSA) is 66.4 Å². The Morgan fingerprint density at radius 1 is 1.17 bits per heavy atom. The molecular weight excluding hydrogens is 299 g/mol. The molecule has 2 saturated heterocycles. The number of alkyl halides is 1. The van der Waals surface area contributed by atoms with Crippen LogP contribution in [-0.2, 0) is 9.59 Å². The van der Waals surface area contributed by atoms with Gasteiger partial charge in [0.15, 0.2) is 5.67 Å². The van der Waals surface area contributed by atoms with E-state index >= 15 is 0 Å². The zero-order valence-corrected chi connectivity index (χ0v) is 12.9. The molecule has 1 saturated carbocycles. The second kappa shape index (κ2) is 4.97. The SMILES string of the molecule is O=C1CC2(CCN(C(=O)C3(F)CCC3)C2)CN1c1cncnc1. The number of rotatable bonds is 2. The van der Waals surface area contributed by atoms with Crippen LogP contribution in [0.5, 0.6) is 0 Å². The van der Waals surface area contributed by atoms with E-state index in [-0.39, 0.29) is 17.2 Å². The zero-order valence-electron chi connectivity index (χ0n) is 12.9. The minimum Gasteiger partial charge on any atom is -0.339 e. The molecule has 122 valence electrons. The largest absolute Gasteiger partial charge is 0.339 e. The molecule has 0 bridgehead atoms. The quantitative estimate of drug-likeness (QED) is 0.825. The van der Waals surface area contributed by atoms with E-state index in [1.54, 1.807) is 22.2 Å². The van der Waals surface area contributed by atoms with E-state index in [1.807, 2.05) is 0 Å². The minimum atomic E-state index is -1.65. The molecule has 3 aliphatic rings. The van der Waals surface area contributed by atoms with Crippen molar-refractivity contribution in [1.82, 2.24) is 14.9 Å². The standard InChI is InChI=1S/C16H19FN4O2/c17-16(2-1-3-16)14(23)20-5-4-15(9-20)6-13(22)21(10-15)12-7-18-11-19-8-12/h7-8,11H,1-6,9-10H2. The lowest BCUT2D eigenvalue weighted by Crippen LogP contribution is -2.50. The van der Waals surface area contributed by atoms with E-state index < -0.39 is 5.67 Å². The van der Waals surface area contributed by atoms with Gasteiger partial charge in [-0.05, 0) is 25.7 Å². The number of anilines is 1. The third kappa shape index (κ3) is 2.29. The van der Waals surface area contributed by atoms with Gasteiger partial charge in [-0.15, -0.1) is 0 Å². The van der Waals surface area contributed by atoms with Gasteiger partial charge in [0, 0.05) is 31.5 Å². The average molecular weight is 318 g/mol. The lowest BCUT2D eigenvalue weighted by atomic mass is 9.81. The molecule has 1 aliphatic carbocycles. The Morgan fingerprint density at radius 2 is 1.91 bits per heavy atom.